The maximum absolute atomic E-state index is 11.3. The minimum atomic E-state index is -3.51. The van der Waals surface area contributed by atoms with Gasteiger partial charge < -0.3 is 9.84 Å². The SMILES string of the molecule is CCOC(=O)CCCS(=O)(=O)NCCC(=O)O. The van der Waals surface area contributed by atoms with E-state index in [9.17, 15) is 18.0 Å². The number of nitrogens with one attached hydrogen (secondary N) is 1. The fraction of sp³-hybridized carbons (Fsp3) is 0.778. The Hall–Kier alpha value is -1.15. The lowest BCUT2D eigenvalue weighted by Gasteiger charge is -2.05. The van der Waals surface area contributed by atoms with Crippen molar-refractivity contribution < 1.29 is 27.9 Å². The van der Waals surface area contributed by atoms with Crippen LogP contribution in [0.1, 0.15) is 26.2 Å². The molecule has 17 heavy (non-hydrogen) atoms. The Labute approximate surface area is 100 Å². The Morgan fingerprint density at radius 2 is 1.94 bits per heavy atom. The molecular formula is C9H17NO6S. The third-order valence-corrected chi connectivity index (χ3v) is 3.23. The third kappa shape index (κ3) is 9.76. The number of sulfonamides is 1. The van der Waals surface area contributed by atoms with Gasteiger partial charge in [-0.3, -0.25) is 9.59 Å². The van der Waals surface area contributed by atoms with Crippen molar-refractivity contribution in [3.8, 4) is 0 Å². The molecule has 0 unspecified atom stereocenters. The Morgan fingerprint density at radius 1 is 1.29 bits per heavy atom. The van der Waals surface area contributed by atoms with E-state index in [0.29, 0.717) is 0 Å². The molecule has 0 heterocycles. The van der Waals surface area contributed by atoms with Gasteiger partial charge in [0.1, 0.15) is 0 Å². The monoisotopic (exact) mass is 267 g/mol. The number of carboxylic acids is 1. The number of carboxylic acid groups (broad SMARTS) is 1. The van der Waals surface area contributed by atoms with E-state index in [-0.39, 0.29) is 38.2 Å². The second kappa shape index (κ2) is 8.02. The number of esters is 1. The standard InChI is InChI=1S/C9H17NO6S/c1-2-16-9(13)4-3-7-17(14,15)10-6-5-8(11)12/h10H,2-7H2,1H3,(H,11,12). The van der Waals surface area contributed by atoms with Crippen LogP contribution in [-0.4, -0.2) is 44.4 Å². The van der Waals surface area contributed by atoms with Crippen LogP contribution in [0.5, 0.6) is 0 Å². The Kier molecular flexibility index (Phi) is 7.47. The van der Waals surface area contributed by atoms with Crippen molar-refractivity contribution in [1.82, 2.24) is 4.72 Å². The molecule has 0 aromatic heterocycles. The molecular weight excluding hydrogens is 250 g/mol. The van der Waals surface area contributed by atoms with Gasteiger partial charge >= 0.3 is 11.9 Å². The largest absolute Gasteiger partial charge is 0.481 e. The molecule has 0 fully saturated rings. The molecule has 100 valence electrons. The Morgan fingerprint density at radius 3 is 2.47 bits per heavy atom. The first-order valence-corrected chi connectivity index (χ1v) is 6.87. The fourth-order valence-corrected chi connectivity index (χ4v) is 2.11. The van der Waals surface area contributed by atoms with Gasteiger partial charge in [-0.15, -0.1) is 0 Å². The van der Waals surface area contributed by atoms with E-state index in [1.54, 1.807) is 6.92 Å². The summed E-state index contributed by atoms with van der Waals surface area (Å²) in [6.07, 6.45) is -0.0774. The van der Waals surface area contributed by atoms with Crippen molar-refractivity contribution in [3.05, 3.63) is 0 Å². The zero-order chi connectivity index (χ0) is 13.3. The molecule has 0 aromatic rings. The van der Waals surface area contributed by atoms with Crippen molar-refractivity contribution in [2.75, 3.05) is 18.9 Å². The maximum atomic E-state index is 11.3. The molecule has 8 heteroatoms. The van der Waals surface area contributed by atoms with Gasteiger partial charge in [0.2, 0.25) is 10.0 Å². The highest BCUT2D eigenvalue weighted by atomic mass is 32.2. The number of carbonyl (C=O) groups excluding carboxylic acids is 1. The molecule has 0 aliphatic heterocycles. The minimum Gasteiger partial charge on any atom is -0.481 e. The summed E-state index contributed by atoms with van der Waals surface area (Å²) in [6.45, 7) is 1.79. The molecule has 0 amide bonds. The molecule has 2 N–H and O–H groups in total. The molecule has 0 aromatic carbocycles. The number of hydrogen-bond acceptors (Lipinski definition) is 5. The maximum Gasteiger partial charge on any atom is 0.305 e. The Bertz CT molecular complexity index is 350. The van der Waals surface area contributed by atoms with E-state index in [4.69, 9.17) is 5.11 Å². The smallest absolute Gasteiger partial charge is 0.305 e. The van der Waals surface area contributed by atoms with Gasteiger partial charge in [0, 0.05) is 13.0 Å². The van der Waals surface area contributed by atoms with Crippen LogP contribution >= 0.6 is 0 Å². The molecule has 0 aliphatic rings. The van der Waals surface area contributed by atoms with Crippen molar-refractivity contribution in [3.63, 3.8) is 0 Å². The molecule has 0 atom stereocenters. The molecule has 0 aliphatic carbocycles. The predicted molar refractivity (Wildman–Crippen MR) is 59.9 cm³/mol. The lowest BCUT2D eigenvalue weighted by Crippen LogP contribution is -2.28. The second-order valence-corrected chi connectivity index (χ2v) is 5.19. The van der Waals surface area contributed by atoms with Crippen LogP contribution in [0.2, 0.25) is 0 Å². The zero-order valence-corrected chi connectivity index (χ0v) is 10.5. The van der Waals surface area contributed by atoms with Crippen LogP contribution in [0.4, 0.5) is 0 Å². The van der Waals surface area contributed by atoms with Crippen LogP contribution in [0.25, 0.3) is 0 Å². The highest BCUT2D eigenvalue weighted by molar-refractivity contribution is 7.89. The lowest BCUT2D eigenvalue weighted by molar-refractivity contribution is -0.143. The first-order valence-electron chi connectivity index (χ1n) is 5.22. The number of aliphatic carboxylic acids is 1. The normalized spacial score (nSPS) is 11.1. The van der Waals surface area contributed by atoms with E-state index in [1.807, 2.05) is 0 Å². The Balaban J connectivity index is 3.78. The van der Waals surface area contributed by atoms with Gasteiger partial charge in [0.25, 0.3) is 0 Å². The summed E-state index contributed by atoms with van der Waals surface area (Å²) in [5.41, 5.74) is 0. The summed E-state index contributed by atoms with van der Waals surface area (Å²) in [7, 11) is -3.51. The summed E-state index contributed by atoms with van der Waals surface area (Å²) in [5, 5.41) is 8.32. The fourth-order valence-electron chi connectivity index (χ4n) is 1.03. The van der Waals surface area contributed by atoms with Gasteiger partial charge in [0.15, 0.2) is 0 Å². The second-order valence-electron chi connectivity index (χ2n) is 3.27. The van der Waals surface area contributed by atoms with Crippen LogP contribution < -0.4 is 4.72 Å². The number of rotatable bonds is 9. The highest BCUT2D eigenvalue weighted by Gasteiger charge is 2.11. The predicted octanol–water partition coefficient (Wildman–Crippen LogP) is -0.276. The van der Waals surface area contributed by atoms with Crippen LogP contribution in [-0.2, 0) is 24.3 Å². The lowest BCUT2D eigenvalue weighted by atomic mass is 10.3. The van der Waals surface area contributed by atoms with E-state index in [1.165, 1.54) is 0 Å². The molecule has 0 rings (SSSR count). The van der Waals surface area contributed by atoms with Crippen molar-refractivity contribution in [2.45, 2.75) is 26.2 Å². The molecule has 0 radical (unpaired) electrons. The summed E-state index contributed by atoms with van der Waals surface area (Å²) in [6, 6.07) is 0. The minimum absolute atomic E-state index is 0.0354. The number of ether oxygens (including phenoxy) is 1. The van der Waals surface area contributed by atoms with E-state index in [2.05, 4.69) is 9.46 Å². The topological polar surface area (TPSA) is 110 Å². The van der Waals surface area contributed by atoms with Gasteiger partial charge in [-0.25, -0.2) is 13.1 Å². The average molecular weight is 267 g/mol. The quantitative estimate of drug-likeness (QED) is 0.556. The van der Waals surface area contributed by atoms with Gasteiger partial charge in [0.05, 0.1) is 18.8 Å². The molecule has 7 nitrogen and oxygen atoms in total. The van der Waals surface area contributed by atoms with Crippen molar-refractivity contribution in [1.29, 1.82) is 0 Å². The van der Waals surface area contributed by atoms with Crippen LogP contribution in [0.15, 0.2) is 0 Å². The first-order chi connectivity index (χ1) is 7.87. The van der Waals surface area contributed by atoms with Crippen molar-refractivity contribution >= 4 is 22.0 Å². The van der Waals surface area contributed by atoms with Gasteiger partial charge in [-0.2, -0.15) is 0 Å². The molecule has 0 spiro atoms. The van der Waals surface area contributed by atoms with Crippen molar-refractivity contribution in [2.24, 2.45) is 0 Å². The molecule has 0 bridgehead atoms. The van der Waals surface area contributed by atoms with Crippen LogP contribution in [0, 0.1) is 0 Å². The molecule has 0 saturated heterocycles. The van der Waals surface area contributed by atoms with Crippen LogP contribution in [0.3, 0.4) is 0 Å². The van der Waals surface area contributed by atoms with E-state index in [0.717, 1.165) is 0 Å². The molecule has 0 saturated carbocycles. The first kappa shape index (κ1) is 15.9. The van der Waals surface area contributed by atoms with Gasteiger partial charge in [-0.05, 0) is 13.3 Å². The summed E-state index contributed by atoms with van der Waals surface area (Å²) >= 11 is 0. The summed E-state index contributed by atoms with van der Waals surface area (Å²) in [4.78, 5) is 21.1. The summed E-state index contributed by atoms with van der Waals surface area (Å²) < 4.78 is 29.4. The zero-order valence-electron chi connectivity index (χ0n) is 9.64. The number of hydrogen-bond donors (Lipinski definition) is 2. The summed E-state index contributed by atoms with van der Waals surface area (Å²) in [5.74, 6) is -1.72. The highest BCUT2D eigenvalue weighted by Crippen LogP contribution is 1.97. The van der Waals surface area contributed by atoms with E-state index >= 15 is 0 Å². The number of carbonyl (C=O) groups is 2. The van der Waals surface area contributed by atoms with E-state index < -0.39 is 22.0 Å². The van der Waals surface area contributed by atoms with Gasteiger partial charge in [-0.1, -0.05) is 0 Å². The third-order valence-electron chi connectivity index (χ3n) is 1.76. The average Bonchev–Trinajstić information content (AvgIpc) is 2.16.